The average Bonchev–Trinajstić information content (AvgIpc) is 2.33. The topological polar surface area (TPSA) is 26.0 Å². The normalized spacial score (nSPS) is 28.3. The van der Waals surface area contributed by atoms with Gasteiger partial charge in [0.05, 0.1) is 0 Å². The molecule has 0 heterocycles. The first-order valence-corrected chi connectivity index (χ1v) is 7.13. The van der Waals surface area contributed by atoms with Crippen LogP contribution in [0.25, 0.3) is 0 Å². The van der Waals surface area contributed by atoms with Crippen LogP contribution in [-0.2, 0) is 6.42 Å². The van der Waals surface area contributed by atoms with E-state index in [1.54, 1.807) is 12.1 Å². The monoisotopic (exact) mass is 269 g/mol. The minimum absolute atomic E-state index is 0.231. The van der Waals surface area contributed by atoms with Crippen LogP contribution < -0.4 is 5.73 Å². The summed E-state index contributed by atoms with van der Waals surface area (Å²) >= 11 is 5.77. The van der Waals surface area contributed by atoms with Crippen LogP contribution in [0, 0.1) is 11.7 Å². The van der Waals surface area contributed by atoms with E-state index in [9.17, 15) is 4.39 Å². The highest BCUT2D eigenvalue weighted by atomic mass is 35.5. The lowest BCUT2D eigenvalue weighted by Crippen LogP contribution is -2.46. The molecule has 2 N–H and O–H groups in total. The summed E-state index contributed by atoms with van der Waals surface area (Å²) in [5.41, 5.74) is 6.92. The van der Waals surface area contributed by atoms with Gasteiger partial charge in [0, 0.05) is 10.6 Å². The molecule has 2 unspecified atom stereocenters. The lowest BCUT2D eigenvalue weighted by molar-refractivity contribution is 0.217. The Morgan fingerprint density at radius 3 is 2.94 bits per heavy atom. The Balaban J connectivity index is 2.11. The molecule has 1 fully saturated rings. The summed E-state index contributed by atoms with van der Waals surface area (Å²) in [6.45, 7) is 2.21. The van der Waals surface area contributed by atoms with Gasteiger partial charge in [-0.1, -0.05) is 43.9 Å². The minimum Gasteiger partial charge on any atom is -0.325 e. The number of hydrogen-bond donors (Lipinski definition) is 1. The highest BCUT2D eigenvalue weighted by molar-refractivity contribution is 6.30. The van der Waals surface area contributed by atoms with Crippen molar-refractivity contribution in [3.05, 3.63) is 34.6 Å². The van der Waals surface area contributed by atoms with Crippen molar-refractivity contribution in [2.24, 2.45) is 11.7 Å². The molecular formula is C15H21ClFN. The summed E-state index contributed by atoms with van der Waals surface area (Å²) in [4.78, 5) is 0. The average molecular weight is 270 g/mol. The van der Waals surface area contributed by atoms with E-state index in [0.717, 1.165) is 19.3 Å². The van der Waals surface area contributed by atoms with Crippen molar-refractivity contribution in [1.29, 1.82) is 0 Å². The van der Waals surface area contributed by atoms with Gasteiger partial charge in [0.25, 0.3) is 0 Å². The third-order valence-electron chi connectivity index (χ3n) is 4.12. The quantitative estimate of drug-likeness (QED) is 0.869. The van der Waals surface area contributed by atoms with Gasteiger partial charge in [-0.3, -0.25) is 0 Å². The van der Waals surface area contributed by atoms with Gasteiger partial charge >= 0.3 is 0 Å². The van der Waals surface area contributed by atoms with Crippen molar-refractivity contribution < 1.29 is 4.39 Å². The Morgan fingerprint density at radius 2 is 2.28 bits per heavy atom. The molecular weight excluding hydrogens is 249 g/mol. The molecule has 3 heteroatoms. The molecule has 0 amide bonds. The van der Waals surface area contributed by atoms with Crippen molar-refractivity contribution in [3.8, 4) is 0 Å². The lowest BCUT2D eigenvalue weighted by Gasteiger charge is -2.38. The zero-order valence-corrected chi connectivity index (χ0v) is 11.6. The molecule has 2 rings (SSSR count). The minimum atomic E-state index is -0.242. The van der Waals surface area contributed by atoms with Crippen LogP contribution in [0.5, 0.6) is 0 Å². The highest BCUT2D eigenvalue weighted by Crippen LogP contribution is 2.35. The SMILES string of the molecule is CCC1CCCC(N)(Cc2ccc(Cl)cc2F)C1. The van der Waals surface area contributed by atoms with Gasteiger partial charge in [-0.2, -0.15) is 0 Å². The molecule has 2 atom stereocenters. The number of nitrogens with two attached hydrogens (primary N) is 1. The van der Waals surface area contributed by atoms with Crippen LogP contribution in [0.3, 0.4) is 0 Å². The lowest BCUT2D eigenvalue weighted by atomic mass is 9.72. The zero-order chi connectivity index (χ0) is 13.2. The van der Waals surface area contributed by atoms with Gasteiger partial charge in [-0.25, -0.2) is 4.39 Å². The number of halogens is 2. The second-order valence-corrected chi connectivity index (χ2v) is 6.08. The molecule has 100 valence electrons. The highest BCUT2D eigenvalue weighted by Gasteiger charge is 2.32. The molecule has 1 nitrogen and oxygen atoms in total. The Kier molecular flexibility index (Phi) is 4.29. The van der Waals surface area contributed by atoms with E-state index in [1.807, 2.05) is 0 Å². The first kappa shape index (κ1) is 13.8. The van der Waals surface area contributed by atoms with Crippen molar-refractivity contribution in [3.63, 3.8) is 0 Å². The summed E-state index contributed by atoms with van der Waals surface area (Å²) < 4.78 is 13.8. The Hall–Kier alpha value is -0.600. The smallest absolute Gasteiger partial charge is 0.127 e. The van der Waals surface area contributed by atoms with Crippen molar-refractivity contribution >= 4 is 11.6 Å². The fraction of sp³-hybridized carbons (Fsp3) is 0.600. The van der Waals surface area contributed by atoms with E-state index in [-0.39, 0.29) is 11.4 Å². The van der Waals surface area contributed by atoms with E-state index in [0.29, 0.717) is 22.9 Å². The van der Waals surface area contributed by atoms with E-state index in [1.165, 1.54) is 18.9 Å². The third-order valence-corrected chi connectivity index (χ3v) is 4.35. The van der Waals surface area contributed by atoms with E-state index in [4.69, 9.17) is 17.3 Å². The van der Waals surface area contributed by atoms with Gasteiger partial charge < -0.3 is 5.73 Å². The molecule has 1 aromatic rings. The molecule has 0 bridgehead atoms. The Labute approximate surface area is 114 Å². The zero-order valence-electron chi connectivity index (χ0n) is 10.9. The van der Waals surface area contributed by atoms with Crippen LogP contribution in [0.1, 0.15) is 44.6 Å². The van der Waals surface area contributed by atoms with E-state index >= 15 is 0 Å². The van der Waals surface area contributed by atoms with Crippen LogP contribution in [0.4, 0.5) is 4.39 Å². The van der Waals surface area contributed by atoms with Crippen molar-refractivity contribution in [2.45, 2.75) is 51.0 Å². The van der Waals surface area contributed by atoms with Gasteiger partial charge in [0.1, 0.15) is 5.82 Å². The summed E-state index contributed by atoms with van der Waals surface area (Å²) in [5, 5.41) is 0.442. The van der Waals surface area contributed by atoms with Gasteiger partial charge in [-0.05, 0) is 42.9 Å². The van der Waals surface area contributed by atoms with E-state index < -0.39 is 0 Å². The number of hydrogen-bond acceptors (Lipinski definition) is 1. The second-order valence-electron chi connectivity index (χ2n) is 5.65. The summed E-state index contributed by atoms with van der Waals surface area (Å²) in [6.07, 6.45) is 6.20. The molecule has 0 spiro atoms. The molecule has 1 aromatic carbocycles. The van der Waals surface area contributed by atoms with Crippen LogP contribution in [0.15, 0.2) is 18.2 Å². The van der Waals surface area contributed by atoms with Crippen molar-refractivity contribution in [2.75, 3.05) is 0 Å². The van der Waals surface area contributed by atoms with Gasteiger partial charge in [0.2, 0.25) is 0 Å². The predicted molar refractivity (Wildman–Crippen MR) is 74.3 cm³/mol. The predicted octanol–water partition coefficient (Wildman–Crippen LogP) is 4.32. The number of benzene rings is 1. The second kappa shape index (κ2) is 5.58. The first-order chi connectivity index (χ1) is 8.52. The molecule has 1 aliphatic rings. The molecule has 0 aromatic heterocycles. The standard InChI is InChI=1S/C15H21ClFN/c1-2-11-4-3-7-15(18,9-11)10-12-5-6-13(16)8-14(12)17/h5-6,8,11H,2-4,7,9-10,18H2,1H3. The largest absolute Gasteiger partial charge is 0.325 e. The van der Waals surface area contributed by atoms with Gasteiger partial charge in [0.15, 0.2) is 0 Å². The third kappa shape index (κ3) is 3.24. The van der Waals surface area contributed by atoms with Crippen LogP contribution >= 0.6 is 11.6 Å². The fourth-order valence-corrected chi connectivity index (χ4v) is 3.23. The van der Waals surface area contributed by atoms with Crippen LogP contribution in [0.2, 0.25) is 5.02 Å². The Morgan fingerprint density at radius 1 is 1.50 bits per heavy atom. The van der Waals surface area contributed by atoms with E-state index in [2.05, 4.69) is 6.92 Å². The number of rotatable bonds is 3. The summed E-state index contributed by atoms with van der Waals surface area (Å²) in [5.74, 6) is 0.463. The van der Waals surface area contributed by atoms with Crippen molar-refractivity contribution in [1.82, 2.24) is 0 Å². The fourth-order valence-electron chi connectivity index (χ4n) is 3.08. The maximum atomic E-state index is 13.8. The molecule has 0 saturated heterocycles. The Bertz CT molecular complexity index is 421. The maximum Gasteiger partial charge on any atom is 0.127 e. The maximum absolute atomic E-state index is 13.8. The molecule has 1 aliphatic carbocycles. The molecule has 0 radical (unpaired) electrons. The molecule has 18 heavy (non-hydrogen) atoms. The molecule has 1 saturated carbocycles. The molecule has 0 aliphatic heterocycles. The van der Waals surface area contributed by atoms with Crippen LogP contribution in [-0.4, -0.2) is 5.54 Å². The van der Waals surface area contributed by atoms with Gasteiger partial charge in [-0.15, -0.1) is 0 Å². The first-order valence-electron chi connectivity index (χ1n) is 6.75. The summed E-state index contributed by atoms with van der Waals surface area (Å²) in [7, 11) is 0. The summed E-state index contributed by atoms with van der Waals surface area (Å²) in [6, 6.07) is 4.88.